The minimum atomic E-state index is 0.505. The minimum Gasteiger partial charge on any atom is -0.369 e. The molecule has 6 fully saturated rings. The van der Waals surface area contributed by atoms with Crippen LogP contribution in [0.1, 0.15) is 12.8 Å². The first-order chi connectivity index (χ1) is 6.42. The molecular weight excluding hydrogens is 160 g/mol. The number of hydrogen-bond donors (Lipinski definition) is 0. The molecule has 0 radical (unpaired) electrons. The Balaban J connectivity index is 1.76. The first-order valence-electron chi connectivity index (χ1n) is 6.06. The first kappa shape index (κ1) is 5.75. The minimum absolute atomic E-state index is 0.505. The molecule has 0 N–H and O–H groups in total. The van der Waals surface area contributed by atoms with Crippen LogP contribution in [0.25, 0.3) is 0 Å². The molecule has 0 aromatic carbocycles. The summed E-state index contributed by atoms with van der Waals surface area (Å²) in [7, 11) is 0. The van der Waals surface area contributed by atoms with Crippen LogP contribution in [0.3, 0.4) is 0 Å². The van der Waals surface area contributed by atoms with E-state index in [2.05, 4.69) is 0 Å². The molecule has 0 aromatic rings. The van der Waals surface area contributed by atoms with Crippen LogP contribution >= 0.6 is 0 Å². The zero-order valence-electron chi connectivity index (χ0n) is 7.65. The number of hydrogen-bond acceptors (Lipinski definition) is 1. The van der Waals surface area contributed by atoms with Crippen LogP contribution in [0.4, 0.5) is 0 Å². The van der Waals surface area contributed by atoms with Gasteiger partial charge in [-0.1, -0.05) is 0 Å². The van der Waals surface area contributed by atoms with Crippen molar-refractivity contribution in [3.63, 3.8) is 0 Å². The summed E-state index contributed by atoms with van der Waals surface area (Å²) in [5.74, 6) is 9.11. The van der Waals surface area contributed by atoms with Gasteiger partial charge in [-0.15, -0.1) is 0 Å². The van der Waals surface area contributed by atoms with E-state index in [1.54, 1.807) is 12.8 Å². The van der Waals surface area contributed by atoms with Crippen LogP contribution in [0.2, 0.25) is 0 Å². The molecule has 1 heterocycles. The maximum Gasteiger partial charge on any atom is 0.0983 e. The number of fused-ring (bicyclic) bond motifs is 4. The van der Waals surface area contributed by atoms with Crippen molar-refractivity contribution in [3.8, 4) is 0 Å². The average molecular weight is 174 g/mol. The van der Waals surface area contributed by atoms with E-state index in [4.69, 9.17) is 4.74 Å². The summed E-state index contributed by atoms with van der Waals surface area (Å²) in [6, 6.07) is 0. The third-order valence-electron chi connectivity index (χ3n) is 6.97. The standard InChI is InChI=1S/C12H14O/c1-4-5-2-6-8(4)9-7(1)10(5)12(3-13-12)11(6)9/h4-11H,1-3H2/t4-,5-,6+,7+,8+,9-,10+,11-,12+/m0/s1. The summed E-state index contributed by atoms with van der Waals surface area (Å²) >= 11 is 0. The third-order valence-corrected chi connectivity index (χ3v) is 6.97. The normalized spacial score (nSPS) is 88.6. The van der Waals surface area contributed by atoms with E-state index >= 15 is 0 Å². The second-order valence-electron chi connectivity index (χ2n) is 6.58. The zero-order valence-corrected chi connectivity index (χ0v) is 7.65. The molecule has 0 aromatic heterocycles. The highest BCUT2D eigenvalue weighted by atomic mass is 16.6. The lowest BCUT2D eigenvalue weighted by Crippen LogP contribution is -2.47. The van der Waals surface area contributed by atoms with Gasteiger partial charge in [-0.25, -0.2) is 0 Å². The Morgan fingerprint density at radius 2 is 1.62 bits per heavy atom. The fraction of sp³-hybridized carbons (Fsp3) is 1.00. The molecule has 1 aliphatic heterocycles. The summed E-state index contributed by atoms with van der Waals surface area (Å²) in [4.78, 5) is 0. The lowest BCUT2D eigenvalue weighted by atomic mass is 9.57. The van der Waals surface area contributed by atoms with Crippen molar-refractivity contribution < 1.29 is 4.74 Å². The second kappa shape index (κ2) is 1.25. The summed E-state index contributed by atoms with van der Waals surface area (Å²) in [5.41, 5.74) is 0.505. The lowest BCUT2D eigenvalue weighted by Gasteiger charge is -2.46. The predicted octanol–water partition coefficient (Wildman–Crippen LogP) is 1.53. The fourth-order valence-corrected chi connectivity index (χ4v) is 7.16. The van der Waals surface area contributed by atoms with Crippen molar-refractivity contribution >= 4 is 0 Å². The molecule has 6 rings (SSSR count). The maximum atomic E-state index is 5.92. The van der Waals surface area contributed by atoms with Crippen molar-refractivity contribution in [2.75, 3.05) is 6.61 Å². The summed E-state index contributed by atoms with van der Waals surface area (Å²) in [6.45, 7) is 1.15. The number of rotatable bonds is 0. The van der Waals surface area contributed by atoms with Gasteiger partial charge in [-0.05, 0) is 60.2 Å². The van der Waals surface area contributed by atoms with Gasteiger partial charge >= 0.3 is 0 Å². The molecule has 6 aliphatic rings. The van der Waals surface area contributed by atoms with E-state index in [0.717, 1.165) is 36.2 Å². The van der Waals surface area contributed by atoms with E-state index in [1.807, 2.05) is 0 Å². The van der Waals surface area contributed by atoms with Gasteiger partial charge in [0.05, 0.1) is 12.2 Å². The lowest BCUT2D eigenvalue weighted by molar-refractivity contribution is -0.0168. The SMILES string of the molecule is C1[C@@H]2[C@H]3[C@H]4[C@H]5C[C@@H]([C@H]14)[C@H]2[C@]1(CO1)[C@@H]53. The van der Waals surface area contributed by atoms with E-state index in [-0.39, 0.29) is 0 Å². The van der Waals surface area contributed by atoms with Crippen molar-refractivity contribution in [2.45, 2.75) is 18.4 Å². The van der Waals surface area contributed by atoms with Gasteiger partial charge in [0, 0.05) is 0 Å². The van der Waals surface area contributed by atoms with Crippen LogP contribution in [-0.2, 0) is 4.74 Å². The Morgan fingerprint density at radius 3 is 2.46 bits per heavy atom. The average Bonchev–Trinajstić information content (AvgIpc) is 2.54. The van der Waals surface area contributed by atoms with E-state index in [0.29, 0.717) is 5.60 Å². The molecule has 1 heteroatoms. The Labute approximate surface area is 77.8 Å². The van der Waals surface area contributed by atoms with Gasteiger partial charge in [-0.2, -0.15) is 0 Å². The van der Waals surface area contributed by atoms with Crippen LogP contribution in [0.15, 0.2) is 0 Å². The fourth-order valence-electron chi connectivity index (χ4n) is 7.16. The van der Waals surface area contributed by atoms with Crippen LogP contribution in [-0.4, -0.2) is 12.2 Å². The highest BCUT2D eigenvalue weighted by Gasteiger charge is 2.88. The molecule has 0 unspecified atom stereocenters. The molecule has 1 spiro atoms. The Morgan fingerprint density at radius 1 is 0.846 bits per heavy atom. The molecule has 0 amide bonds. The van der Waals surface area contributed by atoms with Gasteiger partial charge in [0.2, 0.25) is 0 Å². The zero-order chi connectivity index (χ0) is 7.95. The number of ether oxygens (including phenoxy) is 1. The first-order valence-corrected chi connectivity index (χ1v) is 6.06. The molecule has 5 saturated carbocycles. The van der Waals surface area contributed by atoms with Gasteiger partial charge < -0.3 is 4.74 Å². The third kappa shape index (κ3) is 0.319. The van der Waals surface area contributed by atoms with Crippen LogP contribution < -0.4 is 0 Å². The predicted molar refractivity (Wildman–Crippen MR) is 45.8 cm³/mol. The number of epoxide rings is 1. The molecule has 1 saturated heterocycles. The molecular formula is C12H14O. The van der Waals surface area contributed by atoms with Crippen LogP contribution in [0, 0.1) is 47.3 Å². The van der Waals surface area contributed by atoms with Crippen molar-refractivity contribution in [1.29, 1.82) is 0 Å². The Kier molecular flexibility index (Phi) is 0.551. The maximum absolute atomic E-state index is 5.92. The summed E-state index contributed by atoms with van der Waals surface area (Å²) in [5, 5.41) is 0. The molecule has 2 bridgehead atoms. The van der Waals surface area contributed by atoms with Gasteiger partial charge in [-0.3, -0.25) is 0 Å². The molecule has 1 nitrogen and oxygen atoms in total. The Bertz CT molecular complexity index is 339. The second-order valence-corrected chi connectivity index (χ2v) is 6.58. The van der Waals surface area contributed by atoms with Gasteiger partial charge in [0.1, 0.15) is 0 Å². The van der Waals surface area contributed by atoms with E-state index < -0.39 is 0 Å². The quantitative estimate of drug-likeness (QED) is 0.507. The van der Waals surface area contributed by atoms with Crippen LogP contribution in [0.5, 0.6) is 0 Å². The van der Waals surface area contributed by atoms with Crippen molar-refractivity contribution in [3.05, 3.63) is 0 Å². The highest BCUT2D eigenvalue weighted by Crippen LogP contribution is 2.87. The summed E-state index contributed by atoms with van der Waals surface area (Å²) in [6.07, 6.45) is 3.23. The smallest absolute Gasteiger partial charge is 0.0983 e. The molecule has 5 aliphatic carbocycles. The summed E-state index contributed by atoms with van der Waals surface area (Å²) < 4.78 is 5.92. The Hall–Kier alpha value is -0.0400. The molecule has 9 atom stereocenters. The van der Waals surface area contributed by atoms with E-state index in [9.17, 15) is 0 Å². The molecule has 68 valence electrons. The van der Waals surface area contributed by atoms with Crippen molar-refractivity contribution in [2.24, 2.45) is 47.3 Å². The topological polar surface area (TPSA) is 12.5 Å². The highest BCUT2D eigenvalue weighted by molar-refractivity contribution is 5.35. The van der Waals surface area contributed by atoms with Crippen molar-refractivity contribution in [1.82, 2.24) is 0 Å². The van der Waals surface area contributed by atoms with E-state index in [1.165, 1.54) is 17.8 Å². The van der Waals surface area contributed by atoms with Gasteiger partial charge in [0.15, 0.2) is 0 Å². The largest absolute Gasteiger partial charge is 0.369 e. The molecule has 13 heavy (non-hydrogen) atoms. The van der Waals surface area contributed by atoms with Gasteiger partial charge in [0.25, 0.3) is 0 Å². The monoisotopic (exact) mass is 174 g/mol.